The number of rotatable bonds is 2. The molecule has 4 aromatic rings. The topological polar surface area (TPSA) is 22.1 Å². The fourth-order valence-electron chi connectivity index (χ4n) is 2.81. The Morgan fingerprint density at radius 2 is 1.55 bits per heavy atom. The Hall–Kier alpha value is -2.87. The van der Waals surface area contributed by atoms with E-state index in [1.54, 1.807) is 7.11 Å². The van der Waals surface area contributed by atoms with Crippen LogP contribution in [0.25, 0.3) is 32.9 Å². The first kappa shape index (κ1) is 12.8. The van der Waals surface area contributed by atoms with Gasteiger partial charge in [-0.1, -0.05) is 48.5 Å². The minimum Gasteiger partial charge on any atom is -0.496 e. The first-order valence-electron chi connectivity index (χ1n) is 7.28. The van der Waals surface area contributed by atoms with E-state index < -0.39 is 0 Å². The van der Waals surface area contributed by atoms with E-state index in [0.717, 1.165) is 27.9 Å². The van der Waals surface area contributed by atoms with E-state index >= 15 is 0 Å². The summed E-state index contributed by atoms with van der Waals surface area (Å²) in [7, 11) is 1.70. The monoisotopic (exact) mass is 285 g/mol. The number of pyridine rings is 1. The highest BCUT2D eigenvalue weighted by Crippen LogP contribution is 2.31. The smallest absolute Gasteiger partial charge is 0.130 e. The standard InChI is InChI=1S/C20H15NO/c1-22-20-13-19(21-18-9-5-4-8-17(18)20)16-11-10-14-6-2-3-7-15(14)12-16/h2-13H,1H3. The number of ether oxygens (including phenoxy) is 1. The molecular weight excluding hydrogens is 270 g/mol. The maximum atomic E-state index is 5.54. The van der Waals surface area contributed by atoms with Crippen molar-refractivity contribution < 1.29 is 4.74 Å². The van der Waals surface area contributed by atoms with E-state index in [2.05, 4.69) is 42.5 Å². The number of benzene rings is 3. The summed E-state index contributed by atoms with van der Waals surface area (Å²) in [5.41, 5.74) is 2.98. The molecule has 0 amide bonds. The normalized spacial score (nSPS) is 11.0. The van der Waals surface area contributed by atoms with Gasteiger partial charge in [-0.25, -0.2) is 4.98 Å². The fourth-order valence-corrected chi connectivity index (χ4v) is 2.81. The van der Waals surface area contributed by atoms with Gasteiger partial charge in [0, 0.05) is 17.0 Å². The third-order valence-corrected chi connectivity index (χ3v) is 3.94. The summed E-state index contributed by atoms with van der Waals surface area (Å²) < 4.78 is 5.54. The number of hydrogen-bond acceptors (Lipinski definition) is 2. The predicted molar refractivity (Wildman–Crippen MR) is 91.2 cm³/mol. The van der Waals surface area contributed by atoms with Gasteiger partial charge < -0.3 is 4.74 Å². The number of para-hydroxylation sites is 1. The minimum atomic E-state index is 0.855. The van der Waals surface area contributed by atoms with Crippen molar-refractivity contribution in [1.82, 2.24) is 4.98 Å². The SMILES string of the molecule is COc1cc(-c2ccc3ccccc3c2)nc2ccccc12. The summed E-state index contributed by atoms with van der Waals surface area (Å²) in [4.78, 5) is 4.78. The molecule has 0 atom stereocenters. The summed E-state index contributed by atoms with van der Waals surface area (Å²) in [5.74, 6) is 0.855. The molecule has 0 unspecified atom stereocenters. The second-order valence-corrected chi connectivity index (χ2v) is 5.29. The predicted octanol–water partition coefficient (Wildman–Crippen LogP) is 5.06. The van der Waals surface area contributed by atoms with Gasteiger partial charge in [-0.05, 0) is 29.0 Å². The molecule has 2 nitrogen and oxygen atoms in total. The first-order chi connectivity index (χ1) is 10.8. The van der Waals surface area contributed by atoms with E-state index in [1.165, 1.54) is 10.8 Å². The first-order valence-corrected chi connectivity index (χ1v) is 7.28. The largest absolute Gasteiger partial charge is 0.496 e. The van der Waals surface area contributed by atoms with Gasteiger partial charge in [-0.2, -0.15) is 0 Å². The number of hydrogen-bond donors (Lipinski definition) is 0. The molecule has 3 aromatic carbocycles. The highest BCUT2D eigenvalue weighted by atomic mass is 16.5. The lowest BCUT2D eigenvalue weighted by Gasteiger charge is -2.09. The van der Waals surface area contributed by atoms with Crippen LogP contribution in [0.4, 0.5) is 0 Å². The van der Waals surface area contributed by atoms with Gasteiger partial charge in [0.25, 0.3) is 0 Å². The Morgan fingerprint density at radius 1 is 0.773 bits per heavy atom. The quantitative estimate of drug-likeness (QED) is 0.513. The Labute approximate surface area is 129 Å². The zero-order valence-corrected chi connectivity index (χ0v) is 12.3. The molecule has 0 N–H and O–H groups in total. The molecule has 106 valence electrons. The zero-order valence-electron chi connectivity index (χ0n) is 12.3. The zero-order chi connectivity index (χ0) is 14.9. The third kappa shape index (κ3) is 2.09. The van der Waals surface area contributed by atoms with E-state index in [-0.39, 0.29) is 0 Å². The Balaban J connectivity index is 1.95. The maximum absolute atomic E-state index is 5.54. The molecule has 0 bridgehead atoms. The van der Waals surface area contributed by atoms with E-state index in [0.29, 0.717) is 0 Å². The lowest BCUT2D eigenvalue weighted by atomic mass is 10.0. The molecule has 0 fully saturated rings. The molecule has 0 aliphatic carbocycles. The van der Waals surface area contributed by atoms with Gasteiger partial charge in [0.05, 0.1) is 18.3 Å². The van der Waals surface area contributed by atoms with E-state index in [4.69, 9.17) is 9.72 Å². The van der Waals surface area contributed by atoms with Crippen molar-refractivity contribution in [2.24, 2.45) is 0 Å². The molecular formula is C20H15NO. The second-order valence-electron chi connectivity index (χ2n) is 5.29. The molecule has 22 heavy (non-hydrogen) atoms. The molecule has 0 saturated heterocycles. The summed E-state index contributed by atoms with van der Waals surface area (Å²) >= 11 is 0. The minimum absolute atomic E-state index is 0.855. The van der Waals surface area contributed by atoms with Crippen molar-refractivity contribution in [3.8, 4) is 17.0 Å². The fraction of sp³-hybridized carbons (Fsp3) is 0.0500. The van der Waals surface area contributed by atoms with Crippen LogP contribution in [0.2, 0.25) is 0 Å². The lowest BCUT2D eigenvalue weighted by Crippen LogP contribution is -1.91. The maximum Gasteiger partial charge on any atom is 0.130 e. The van der Waals surface area contributed by atoms with Gasteiger partial charge in [0.15, 0.2) is 0 Å². The Kier molecular flexibility index (Phi) is 3.01. The number of nitrogens with zero attached hydrogens (tertiary/aromatic N) is 1. The van der Waals surface area contributed by atoms with Gasteiger partial charge in [-0.3, -0.25) is 0 Å². The number of methoxy groups -OCH3 is 1. The van der Waals surface area contributed by atoms with Gasteiger partial charge in [0.2, 0.25) is 0 Å². The van der Waals surface area contributed by atoms with Crippen LogP contribution >= 0.6 is 0 Å². The third-order valence-electron chi connectivity index (χ3n) is 3.94. The average Bonchev–Trinajstić information content (AvgIpc) is 2.60. The van der Waals surface area contributed by atoms with Gasteiger partial charge >= 0.3 is 0 Å². The van der Waals surface area contributed by atoms with E-state index in [9.17, 15) is 0 Å². The van der Waals surface area contributed by atoms with E-state index in [1.807, 2.05) is 30.3 Å². The van der Waals surface area contributed by atoms with Crippen molar-refractivity contribution in [1.29, 1.82) is 0 Å². The molecule has 0 aliphatic rings. The van der Waals surface area contributed by atoms with Gasteiger partial charge in [0.1, 0.15) is 5.75 Å². The van der Waals surface area contributed by atoms with Crippen LogP contribution < -0.4 is 4.74 Å². The van der Waals surface area contributed by atoms with Gasteiger partial charge in [-0.15, -0.1) is 0 Å². The van der Waals surface area contributed by atoms with Crippen LogP contribution in [-0.2, 0) is 0 Å². The summed E-state index contributed by atoms with van der Waals surface area (Å²) in [6, 6.07) is 24.8. The van der Waals surface area contributed by atoms with Crippen molar-refractivity contribution in [2.45, 2.75) is 0 Å². The van der Waals surface area contributed by atoms with Crippen molar-refractivity contribution in [3.63, 3.8) is 0 Å². The summed E-state index contributed by atoms with van der Waals surface area (Å²) in [5, 5.41) is 3.49. The van der Waals surface area contributed by atoms with Crippen LogP contribution in [-0.4, -0.2) is 12.1 Å². The highest BCUT2D eigenvalue weighted by Gasteiger charge is 2.08. The van der Waals surface area contributed by atoms with Crippen molar-refractivity contribution >= 4 is 21.7 Å². The number of aromatic nitrogens is 1. The molecule has 4 rings (SSSR count). The van der Waals surface area contributed by atoms with Crippen LogP contribution in [0.1, 0.15) is 0 Å². The Bertz CT molecular complexity index is 975. The van der Waals surface area contributed by atoms with Crippen LogP contribution in [0.3, 0.4) is 0 Å². The second kappa shape index (κ2) is 5.15. The van der Waals surface area contributed by atoms with Crippen molar-refractivity contribution in [2.75, 3.05) is 7.11 Å². The van der Waals surface area contributed by atoms with Crippen LogP contribution in [0, 0.1) is 0 Å². The van der Waals surface area contributed by atoms with Crippen LogP contribution in [0.15, 0.2) is 72.8 Å². The molecule has 0 radical (unpaired) electrons. The molecule has 1 heterocycles. The average molecular weight is 285 g/mol. The molecule has 0 aliphatic heterocycles. The number of fused-ring (bicyclic) bond motifs is 2. The molecule has 0 saturated carbocycles. The summed E-state index contributed by atoms with van der Waals surface area (Å²) in [6.45, 7) is 0. The molecule has 1 aromatic heterocycles. The molecule has 2 heteroatoms. The van der Waals surface area contributed by atoms with Crippen molar-refractivity contribution in [3.05, 3.63) is 72.8 Å². The summed E-state index contributed by atoms with van der Waals surface area (Å²) in [6.07, 6.45) is 0. The molecule has 0 spiro atoms. The lowest BCUT2D eigenvalue weighted by molar-refractivity contribution is 0.419. The highest BCUT2D eigenvalue weighted by molar-refractivity contribution is 5.90. The van der Waals surface area contributed by atoms with Crippen LogP contribution in [0.5, 0.6) is 5.75 Å². The Morgan fingerprint density at radius 3 is 2.41 bits per heavy atom.